The van der Waals surface area contributed by atoms with Gasteiger partial charge in [0.05, 0.1) is 11.1 Å². The summed E-state index contributed by atoms with van der Waals surface area (Å²) < 4.78 is 28.8. The second-order valence-corrected chi connectivity index (χ2v) is 8.87. The highest BCUT2D eigenvalue weighted by Crippen LogP contribution is 2.21. The van der Waals surface area contributed by atoms with Crippen LogP contribution in [0.1, 0.15) is 46.6 Å². The zero-order valence-electron chi connectivity index (χ0n) is 16.4. The number of carbonyl (C=O) groups is 1. The zero-order chi connectivity index (χ0) is 21.0. The van der Waals surface area contributed by atoms with Gasteiger partial charge in [-0.25, -0.2) is 13.8 Å². The largest absolute Gasteiger partial charge is 0.339 e. The van der Waals surface area contributed by atoms with Crippen LogP contribution in [0.15, 0.2) is 40.3 Å². The van der Waals surface area contributed by atoms with Crippen LogP contribution >= 0.6 is 0 Å². The summed E-state index contributed by atoms with van der Waals surface area (Å²) in [6.07, 6.45) is 4.19. The molecule has 29 heavy (non-hydrogen) atoms. The molecule has 0 unspecified atom stereocenters. The number of hydrazone groups is 1. The van der Waals surface area contributed by atoms with Crippen LogP contribution in [0, 0.1) is 18.3 Å². The molecule has 0 saturated carbocycles. The first-order valence-electron chi connectivity index (χ1n) is 9.34. The number of hydrogen-bond acceptors (Lipinski definition) is 5. The number of rotatable bonds is 5. The van der Waals surface area contributed by atoms with Crippen LogP contribution in [0.3, 0.4) is 0 Å². The monoisotopic (exact) mass is 413 g/mol. The van der Waals surface area contributed by atoms with Crippen LogP contribution in [0.25, 0.3) is 0 Å². The van der Waals surface area contributed by atoms with Gasteiger partial charge in [0.2, 0.25) is 10.0 Å². The first kappa shape index (κ1) is 20.8. The van der Waals surface area contributed by atoms with Gasteiger partial charge < -0.3 is 4.57 Å². The van der Waals surface area contributed by atoms with E-state index in [-0.39, 0.29) is 10.5 Å². The minimum atomic E-state index is -3.61. The van der Waals surface area contributed by atoms with Gasteiger partial charge in [-0.2, -0.15) is 14.7 Å². The molecule has 1 aromatic heterocycles. The number of piperidine rings is 1. The molecule has 1 aromatic carbocycles. The molecule has 0 radical (unpaired) electrons. The van der Waals surface area contributed by atoms with E-state index in [1.807, 2.05) is 6.92 Å². The van der Waals surface area contributed by atoms with Crippen molar-refractivity contribution >= 4 is 22.1 Å². The fraction of sp³-hybridized carbons (Fsp3) is 0.350. The van der Waals surface area contributed by atoms with E-state index >= 15 is 0 Å². The highest BCUT2D eigenvalue weighted by Gasteiger charge is 2.26. The van der Waals surface area contributed by atoms with Gasteiger partial charge in [0.15, 0.2) is 0 Å². The second kappa shape index (κ2) is 8.59. The number of nitriles is 1. The third-order valence-electron chi connectivity index (χ3n) is 5.11. The number of benzene rings is 1. The summed E-state index contributed by atoms with van der Waals surface area (Å²) in [7, 11) is -1.83. The fourth-order valence-electron chi connectivity index (χ4n) is 3.24. The van der Waals surface area contributed by atoms with Crippen molar-refractivity contribution in [1.29, 1.82) is 5.26 Å². The van der Waals surface area contributed by atoms with Crippen molar-refractivity contribution in [3.05, 3.63) is 52.8 Å². The van der Waals surface area contributed by atoms with E-state index in [2.05, 4.69) is 16.6 Å². The number of aromatic nitrogens is 1. The molecule has 1 saturated heterocycles. The van der Waals surface area contributed by atoms with Crippen molar-refractivity contribution in [3.8, 4) is 6.07 Å². The molecular weight excluding hydrogens is 390 g/mol. The summed E-state index contributed by atoms with van der Waals surface area (Å²) in [5.74, 6) is -0.508. The fourth-order valence-corrected chi connectivity index (χ4v) is 4.80. The van der Waals surface area contributed by atoms with Crippen molar-refractivity contribution in [2.45, 2.75) is 31.1 Å². The molecule has 0 spiro atoms. The second-order valence-electron chi connectivity index (χ2n) is 6.93. The third-order valence-corrected chi connectivity index (χ3v) is 7.00. The topological polar surface area (TPSA) is 108 Å². The van der Waals surface area contributed by atoms with Crippen molar-refractivity contribution in [2.75, 3.05) is 13.1 Å². The van der Waals surface area contributed by atoms with Gasteiger partial charge in [-0.1, -0.05) is 12.5 Å². The summed E-state index contributed by atoms with van der Waals surface area (Å²) in [4.78, 5) is 12.5. The Morgan fingerprint density at radius 1 is 1.24 bits per heavy atom. The summed E-state index contributed by atoms with van der Waals surface area (Å²) >= 11 is 0. The van der Waals surface area contributed by atoms with Crippen LogP contribution < -0.4 is 5.43 Å². The van der Waals surface area contributed by atoms with Gasteiger partial charge >= 0.3 is 0 Å². The molecule has 2 heterocycles. The molecule has 2 aromatic rings. The minimum Gasteiger partial charge on any atom is -0.339 e. The van der Waals surface area contributed by atoms with Crippen LogP contribution in [-0.2, 0) is 17.1 Å². The first-order chi connectivity index (χ1) is 13.8. The lowest BCUT2D eigenvalue weighted by Crippen LogP contribution is -2.35. The molecule has 0 aliphatic carbocycles. The summed E-state index contributed by atoms with van der Waals surface area (Å²) in [6, 6.07) is 9.73. The molecule has 152 valence electrons. The SMILES string of the molecule is Cc1c(/C=N\NC(=O)c2cccc(S(=O)(=O)N3CCCCC3)c2)cc(C#N)n1C. The summed E-state index contributed by atoms with van der Waals surface area (Å²) in [5.41, 5.74) is 4.67. The van der Waals surface area contributed by atoms with E-state index in [4.69, 9.17) is 5.26 Å². The third kappa shape index (κ3) is 4.39. The van der Waals surface area contributed by atoms with E-state index in [9.17, 15) is 13.2 Å². The minimum absolute atomic E-state index is 0.105. The number of sulfonamides is 1. The zero-order valence-corrected chi connectivity index (χ0v) is 17.2. The molecule has 8 nitrogen and oxygen atoms in total. The van der Waals surface area contributed by atoms with E-state index in [1.54, 1.807) is 29.8 Å². The Bertz CT molecular complexity index is 1090. The molecule has 3 rings (SSSR count). The number of nitrogens with zero attached hydrogens (tertiary/aromatic N) is 4. The lowest BCUT2D eigenvalue weighted by atomic mass is 10.2. The van der Waals surface area contributed by atoms with Gasteiger partial charge in [0, 0.05) is 37.0 Å². The Morgan fingerprint density at radius 2 is 1.97 bits per heavy atom. The number of nitrogens with one attached hydrogen (secondary N) is 1. The average molecular weight is 414 g/mol. The lowest BCUT2D eigenvalue weighted by Gasteiger charge is -2.25. The Balaban J connectivity index is 1.74. The van der Waals surface area contributed by atoms with Crippen LogP contribution in [0.4, 0.5) is 0 Å². The van der Waals surface area contributed by atoms with Crippen molar-refractivity contribution in [1.82, 2.24) is 14.3 Å². The van der Waals surface area contributed by atoms with Crippen molar-refractivity contribution in [2.24, 2.45) is 12.1 Å². The quantitative estimate of drug-likeness (QED) is 0.598. The lowest BCUT2D eigenvalue weighted by molar-refractivity contribution is 0.0955. The molecule has 9 heteroatoms. The number of amides is 1. The highest BCUT2D eigenvalue weighted by atomic mass is 32.2. The molecule has 1 aliphatic rings. The normalized spacial score (nSPS) is 15.3. The van der Waals surface area contributed by atoms with Gasteiger partial charge in [-0.05, 0) is 44.0 Å². The first-order valence-corrected chi connectivity index (χ1v) is 10.8. The summed E-state index contributed by atoms with van der Waals surface area (Å²) in [5, 5.41) is 13.0. The Hall–Kier alpha value is -2.96. The highest BCUT2D eigenvalue weighted by molar-refractivity contribution is 7.89. The Labute approximate surface area is 170 Å². The predicted molar refractivity (Wildman–Crippen MR) is 109 cm³/mol. The molecule has 1 N–H and O–H groups in total. The average Bonchev–Trinajstić information content (AvgIpc) is 3.02. The predicted octanol–water partition coefficient (Wildman–Crippen LogP) is 2.14. The molecule has 1 amide bonds. The van der Waals surface area contributed by atoms with Gasteiger partial charge in [-0.15, -0.1) is 0 Å². The molecule has 1 aliphatic heterocycles. The van der Waals surface area contributed by atoms with E-state index in [1.165, 1.54) is 22.7 Å². The van der Waals surface area contributed by atoms with Crippen LogP contribution in [-0.4, -0.2) is 42.5 Å². The standard InChI is InChI=1S/C20H23N5O3S/c1-15-17(11-18(13-21)24(15)2)14-22-23-20(26)16-7-6-8-19(12-16)29(27,28)25-9-4-3-5-10-25/h6-8,11-12,14H,3-5,9-10H2,1-2H3,(H,23,26)/b22-14-. The molecular formula is C20H23N5O3S. The molecule has 0 bridgehead atoms. The van der Waals surface area contributed by atoms with Crippen molar-refractivity contribution in [3.63, 3.8) is 0 Å². The van der Waals surface area contributed by atoms with Crippen LogP contribution in [0.5, 0.6) is 0 Å². The summed E-state index contributed by atoms with van der Waals surface area (Å²) in [6.45, 7) is 2.85. The maximum Gasteiger partial charge on any atom is 0.271 e. The maximum absolute atomic E-state index is 12.8. The van der Waals surface area contributed by atoms with Gasteiger partial charge in [0.1, 0.15) is 11.8 Å². The Morgan fingerprint density at radius 3 is 2.62 bits per heavy atom. The van der Waals surface area contributed by atoms with Gasteiger partial charge in [0.25, 0.3) is 5.91 Å². The molecule has 0 atom stereocenters. The van der Waals surface area contributed by atoms with Crippen molar-refractivity contribution < 1.29 is 13.2 Å². The van der Waals surface area contributed by atoms with Gasteiger partial charge in [-0.3, -0.25) is 4.79 Å². The van der Waals surface area contributed by atoms with E-state index in [0.29, 0.717) is 24.3 Å². The maximum atomic E-state index is 12.8. The van der Waals surface area contributed by atoms with E-state index in [0.717, 1.165) is 25.0 Å². The molecule has 1 fully saturated rings. The van der Waals surface area contributed by atoms with E-state index < -0.39 is 15.9 Å². The Kier molecular flexibility index (Phi) is 6.15. The number of carbonyl (C=O) groups excluding carboxylic acids is 1. The smallest absolute Gasteiger partial charge is 0.271 e. The number of hydrogen-bond donors (Lipinski definition) is 1. The van der Waals surface area contributed by atoms with Crippen LogP contribution in [0.2, 0.25) is 0 Å².